The van der Waals surface area contributed by atoms with E-state index in [9.17, 15) is 13.2 Å². The molecule has 0 atom stereocenters. The molecule has 0 aliphatic heterocycles. The Morgan fingerprint density at radius 3 is 2.25 bits per heavy atom. The first-order valence-electron chi connectivity index (χ1n) is 7.55. The third-order valence-corrected chi connectivity index (χ3v) is 3.74. The Morgan fingerprint density at radius 2 is 1.67 bits per heavy atom. The number of para-hydroxylation sites is 1. The van der Waals surface area contributed by atoms with Crippen molar-refractivity contribution in [3.8, 4) is 0 Å². The van der Waals surface area contributed by atoms with Gasteiger partial charge in [0.25, 0.3) is 0 Å². The molecule has 0 fully saturated rings. The van der Waals surface area contributed by atoms with Gasteiger partial charge in [0.15, 0.2) is 5.69 Å². The average molecular weight is 334 g/mol. The average Bonchev–Trinajstić information content (AvgIpc) is 2.51. The van der Waals surface area contributed by atoms with E-state index in [4.69, 9.17) is 0 Å². The van der Waals surface area contributed by atoms with E-state index in [0.717, 1.165) is 0 Å². The molecule has 0 unspecified atom stereocenters. The van der Waals surface area contributed by atoms with Crippen LogP contribution in [0.5, 0.6) is 0 Å². The fourth-order valence-corrected chi connectivity index (χ4v) is 2.61. The van der Waals surface area contributed by atoms with Gasteiger partial charge in [-0.25, -0.2) is 15.0 Å². The third-order valence-electron chi connectivity index (χ3n) is 3.74. The lowest BCUT2D eigenvalue weighted by atomic mass is 10.1. The van der Waals surface area contributed by atoms with E-state index >= 15 is 0 Å². The highest BCUT2D eigenvalue weighted by Gasteiger charge is 2.37. The topological polar surface area (TPSA) is 41.9 Å². The van der Waals surface area contributed by atoms with Gasteiger partial charge in [0.1, 0.15) is 11.6 Å². The van der Waals surface area contributed by atoms with Crippen LogP contribution in [0.1, 0.15) is 31.3 Å². The Kier molecular flexibility index (Phi) is 3.81. The number of halogens is 3. The smallest absolute Gasteiger partial charge is 0.362 e. The van der Waals surface area contributed by atoms with Crippen LogP contribution in [-0.4, -0.2) is 29.0 Å². The van der Waals surface area contributed by atoms with Gasteiger partial charge in [0.2, 0.25) is 0 Å². The van der Waals surface area contributed by atoms with E-state index in [1.165, 1.54) is 0 Å². The highest BCUT2D eigenvalue weighted by Crippen LogP contribution is 2.39. The van der Waals surface area contributed by atoms with Crippen molar-refractivity contribution < 1.29 is 13.2 Å². The molecule has 2 heterocycles. The minimum Gasteiger partial charge on any atom is -0.362 e. The van der Waals surface area contributed by atoms with Crippen LogP contribution in [-0.2, 0) is 6.18 Å². The molecule has 0 spiro atoms. The normalized spacial score (nSPS) is 12.3. The van der Waals surface area contributed by atoms with E-state index in [1.54, 1.807) is 57.1 Å². The molecule has 0 saturated carbocycles. The van der Waals surface area contributed by atoms with Crippen LogP contribution in [0.3, 0.4) is 0 Å². The van der Waals surface area contributed by atoms with Crippen LogP contribution in [0.15, 0.2) is 24.3 Å². The van der Waals surface area contributed by atoms with Crippen LogP contribution in [0.2, 0.25) is 0 Å². The largest absolute Gasteiger partial charge is 0.434 e. The molecular weight excluding hydrogens is 317 g/mol. The van der Waals surface area contributed by atoms with Gasteiger partial charge in [-0.1, -0.05) is 32.0 Å². The fourth-order valence-electron chi connectivity index (χ4n) is 2.61. The zero-order chi connectivity index (χ0) is 17.6. The molecule has 0 bridgehead atoms. The lowest BCUT2D eigenvalue weighted by molar-refractivity contribution is -0.140. The summed E-state index contributed by atoms with van der Waals surface area (Å²) in [6.45, 7) is 3.55. The molecule has 7 heteroatoms. The molecule has 0 aliphatic carbocycles. The van der Waals surface area contributed by atoms with Crippen LogP contribution in [0, 0.1) is 0 Å². The minimum atomic E-state index is -4.58. The highest BCUT2D eigenvalue weighted by atomic mass is 19.4. The van der Waals surface area contributed by atoms with Crippen LogP contribution in [0.4, 0.5) is 19.0 Å². The summed E-state index contributed by atoms with van der Waals surface area (Å²) < 4.78 is 41.0. The molecule has 0 saturated heterocycles. The minimum absolute atomic E-state index is 0.0596. The van der Waals surface area contributed by atoms with Crippen LogP contribution >= 0.6 is 0 Å². The van der Waals surface area contributed by atoms with Crippen molar-refractivity contribution in [2.45, 2.75) is 25.9 Å². The first-order chi connectivity index (χ1) is 11.2. The van der Waals surface area contributed by atoms with Gasteiger partial charge < -0.3 is 4.90 Å². The number of hydrogen-bond acceptors (Lipinski definition) is 4. The second kappa shape index (κ2) is 5.58. The summed E-state index contributed by atoms with van der Waals surface area (Å²) in [5.41, 5.74) is -0.0382. The van der Waals surface area contributed by atoms with Crippen molar-refractivity contribution >= 4 is 27.6 Å². The molecule has 0 amide bonds. The SMILES string of the molecule is CC(C)c1nc(C(F)(F)F)c2c(N(C)C)nc3ccccc3c2n1. The second-order valence-corrected chi connectivity index (χ2v) is 6.15. The molecule has 3 aromatic rings. The molecule has 2 aromatic heterocycles. The summed E-state index contributed by atoms with van der Waals surface area (Å²) in [6, 6.07) is 7.08. The van der Waals surface area contributed by atoms with Crippen molar-refractivity contribution in [1.82, 2.24) is 15.0 Å². The zero-order valence-corrected chi connectivity index (χ0v) is 13.8. The molecule has 1 aromatic carbocycles. The monoisotopic (exact) mass is 334 g/mol. The summed E-state index contributed by atoms with van der Waals surface area (Å²) >= 11 is 0. The van der Waals surface area contributed by atoms with Gasteiger partial charge in [0.05, 0.1) is 16.4 Å². The number of rotatable bonds is 2. The Labute approximate surface area is 137 Å². The number of benzene rings is 1. The van der Waals surface area contributed by atoms with E-state index in [0.29, 0.717) is 10.9 Å². The molecule has 24 heavy (non-hydrogen) atoms. The van der Waals surface area contributed by atoms with Crippen molar-refractivity contribution in [3.63, 3.8) is 0 Å². The molecule has 126 valence electrons. The summed E-state index contributed by atoms with van der Waals surface area (Å²) in [5, 5.41) is 0.531. The van der Waals surface area contributed by atoms with Gasteiger partial charge in [-0.05, 0) is 6.07 Å². The number of alkyl halides is 3. The summed E-state index contributed by atoms with van der Waals surface area (Å²) in [7, 11) is 3.32. The molecule has 4 nitrogen and oxygen atoms in total. The summed E-state index contributed by atoms with van der Waals surface area (Å²) in [4.78, 5) is 14.2. The van der Waals surface area contributed by atoms with E-state index in [1.807, 2.05) is 0 Å². The Hall–Kier alpha value is -2.44. The van der Waals surface area contributed by atoms with Gasteiger partial charge in [-0.2, -0.15) is 13.2 Å². The van der Waals surface area contributed by atoms with Gasteiger partial charge in [-0.3, -0.25) is 0 Å². The van der Waals surface area contributed by atoms with Crippen molar-refractivity contribution in [2.75, 3.05) is 19.0 Å². The lowest BCUT2D eigenvalue weighted by Crippen LogP contribution is -2.18. The van der Waals surface area contributed by atoms with E-state index < -0.39 is 11.9 Å². The molecule has 0 aliphatic rings. The van der Waals surface area contributed by atoms with Crippen molar-refractivity contribution in [3.05, 3.63) is 35.8 Å². The quantitative estimate of drug-likeness (QED) is 0.652. The second-order valence-electron chi connectivity index (χ2n) is 6.15. The number of fused-ring (bicyclic) bond motifs is 3. The highest BCUT2D eigenvalue weighted by molar-refractivity contribution is 6.09. The fraction of sp³-hybridized carbons (Fsp3) is 0.353. The standard InChI is InChI=1S/C17H17F3N4/c1-9(2)15-22-13-10-7-5-6-8-11(10)21-16(24(3)4)12(13)14(23-15)17(18,19)20/h5-9H,1-4H3. The number of nitrogens with zero attached hydrogens (tertiary/aromatic N) is 4. The van der Waals surface area contributed by atoms with E-state index in [2.05, 4.69) is 15.0 Å². The van der Waals surface area contributed by atoms with Gasteiger partial charge >= 0.3 is 6.18 Å². The first-order valence-corrected chi connectivity index (χ1v) is 7.55. The predicted molar refractivity (Wildman–Crippen MR) is 88.3 cm³/mol. The summed E-state index contributed by atoms with van der Waals surface area (Å²) in [5.74, 6) is 0.174. The Balaban J connectivity index is 2.59. The maximum absolute atomic E-state index is 13.7. The summed E-state index contributed by atoms with van der Waals surface area (Å²) in [6.07, 6.45) is -4.58. The number of anilines is 1. The van der Waals surface area contributed by atoms with Gasteiger partial charge in [0, 0.05) is 25.4 Å². The maximum atomic E-state index is 13.7. The number of hydrogen-bond donors (Lipinski definition) is 0. The molecule has 3 rings (SSSR count). The first kappa shape index (κ1) is 16.4. The van der Waals surface area contributed by atoms with Gasteiger partial charge in [-0.15, -0.1) is 0 Å². The van der Waals surface area contributed by atoms with Crippen molar-refractivity contribution in [1.29, 1.82) is 0 Å². The number of pyridine rings is 1. The zero-order valence-electron chi connectivity index (χ0n) is 13.8. The third kappa shape index (κ3) is 2.64. The molecular formula is C17H17F3N4. The lowest BCUT2D eigenvalue weighted by Gasteiger charge is -2.20. The predicted octanol–water partition coefficient (Wildman–Crippen LogP) is 4.39. The molecule has 0 N–H and O–H groups in total. The van der Waals surface area contributed by atoms with E-state index in [-0.39, 0.29) is 28.5 Å². The van der Waals surface area contributed by atoms with Crippen LogP contribution < -0.4 is 4.90 Å². The maximum Gasteiger partial charge on any atom is 0.434 e. The number of aromatic nitrogens is 3. The van der Waals surface area contributed by atoms with Crippen molar-refractivity contribution in [2.24, 2.45) is 0 Å². The molecule has 0 radical (unpaired) electrons. The Morgan fingerprint density at radius 1 is 1.00 bits per heavy atom. The Bertz CT molecular complexity index is 917. The van der Waals surface area contributed by atoms with Crippen LogP contribution in [0.25, 0.3) is 21.8 Å².